The highest BCUT2D eigenvalue weighted by Gasteiger charge is 2.40. The molecule has 1 N–H and O–H groups in total. The van der Waals surface area contributed by atoms with Gasteiger partial charge in [-0.3, -0.25) is 4.68 Å². The molecule has 1 aromatic carbocycles. The van der Waals surface area contributed by atoms with Gasteiger partial charge in [0, 0.05) is 25.2 Å². The van der Waals surface area contributed by atoms with Gasteiger partial charge in [0.05, 0.1) is 6.20 Å². The monoisotopic (exact) mass is 269 g/mol. The van der Waals surface area contributed by atoms with Crippen LogP contribution in [0.25, 0.3) is 11.1 Å². The number of piperidine rings is 1. The Balaban J connectivity index is 1.66. The summed E-state index contributed by atoms with van der Waals surface area (Å²) in [5.41, 5.74) is 3.72. The standard InChI is InChI=1S/C16H19N3O/c1-19-11-14(10-18-19)12-2-3-13-9-16(20-15(13)8-12)4-6-17-7-5-16/h2-3,8,10-11,17H,4-7,9H2,1H3. The summed E-state index contributed by atoms with van der Waals surface area (Å²) < 4.78 is 8.17. The van der Waals surface area contributed by atoms with Crippen molar-refractivity contribution in [3.05, 3.63) is 36.2 Å². The second-order valence-corrected chi connectivity index (χ2v) is 5.94. The highest BCUT2D eigenvalue weighted by atomic mass is 16.5. The molecule has 0 atom stereocenters. The van der Waals surface area contributed by atoms with E-state index in [9.17, 15) is 0 Å². The number of benzene rings is 1. The predicted octanol–water partition coefficient (Wildman–Crippen LogP) is 2.14. The highest BCUT2D eigenvalue weighted by molar-refractivity contribution is 5.65. The molecule has 1 saturated heterocycles. The van der Waals surface area contributed by atoms with Gasteiger partial charge in [0.1, 0.15) is 11.4 Å². The molecule has 0 radical (unpaired) electrons. The maximum Gasteiger partial charge on any atom is 0.124 e. The molecular weight excluding hydrogens is 250 g/mol. The molecule has 104 valence electrons. The molecule has 0 bridgehead atoms. The minimum atomic E-state index is 0.0428. The van der Waals surface area contributed by atoms with Crippen LogP contribution in [0.1, 0.15) is 18.4 Å². The van der Waals surface area contributed by atoms with E-state index in [0.29, 0.717) is 0 Å². The fourth-order valence-corrected chi connectivity index (χ4v) is 3.32. The van der Waals surface area contributed by atoms with Gasteiger partial charge in [0.15, 0.2) is 0 Å². The summed E-state index contributed by atoms with van der Waals surface area (Å²) in [6, 6.07) is 6.57. The lowest BCUT2D eigenvalue weighted by Crippen LogP contribution is -2.45. The first-order valence-corrected chi connectivity index (χ1v) is 7.26. The van der Waals surface area contributed by atoms with Gasteiger partial charge >= 0.3 is 0 Å². The van der Waals surface area contributed by atoms with Crippen molar-refractivity contribution in [2.24, 2.45) is 7.05 Å². The molecule has 1 fully saturated rings. The number of aryl methyl sites for hydroxylation is 1. The molecule has 3 heterocycles. The van der Waals surface area contributed by atoms with Gasteiger partial charge in [0.2, 0.25) is 0 Å². The number of nitrogens with zero attached hydrogens (tertiary/aromatic N) is 2. The van der Waals surface area contributed by atoms with Gasteiger partial charge in [-0.15, -0.1) is 0 Å². The fraction of sp³-hybridized carbons (Fsp3) is 0.438. The Morgan fingerprint density at radius 2 is 2.10 bits per heavy atom. The zero-order valence-electron chi connectivity index (χ0n) is 11.7. The molecule has 2 aliphatic rings. The zero-order chi connectivity index (χ0) is 13.6. The maximum atomic E-state index is 6.34. The van der Waals surface area contributed by atoms with Crippen molar-refractivity contribution < 1.29 is 4.74 Å². The molecular formula is C16H19N3O. The van der Waals surface area contributed by atoms with Crippen molar-refractivity contribution in [3.8, 4) is 16.9 Å². The molecule has 0 amide bonds. The van der Waals surface area contributed by atoms with Crippen LogP contribution in [0.5, 0.6) is 5.75 Å². The Kier molecular flexibility index (Phi) is 2.60. The van der Waals surface area contributed by atoms with E-state index in [4.69, 9.17) is 4.74 Å². The zero-order valence-corrected chi connectivity index (χ0v) is 11.7. The fourth-order valence-electron chi connectivity index (χ4n) is 3.32. The molecule has 0 aliphatic carbocycles. The van der Waals surface area contributed by atoms with Crippen molar-refractivity contribution in [2.45, 2.75) is 24.9 Å². The highest BCUT2D eigenvalue weighted by Crippen LogP contribution is 2.41. The van der Waals surface area contributed by atoms with Crippen molar-refractivity contribution in [1.29, 1.82) is 0 Å². The van der Waals surface area contributed by atoms with E-state index >= 15 is 0 Å². The lowest BCUT2D eigenvalue weighted by Gasteiger charge is -2.33. The maximum absolute atomic E-state index is 6.34. The Hall–Kier alpha value is -1.81. The molecule has 20 heavy (non-hydrogen) atoms. The molecule has 1 spiro atoms. The van der Waals surface area contributed by atoms with Gasteiger partial charge in [-0.25, -0.2) is 0 Å². The number of ether oxygens (including phenoxy) is 1. The van der Waals surface area contributed by atoms with Crippen molar-refractivity contribution >= 4 is 0 Å². The Morgan fingerprint density at radius 1 is 1.25 bits per heavy atom. The minimum Gasteiger partial charge on any atom is -0.487 e. The number of hydrogen-bond donors (Lipinski definition) is 1. The van der Waals surface area contributed by atoms with E-state index in [2.05, 4.69) is 28.6 Å². The van der Waals surface area contributed by atoms with Crippen LogP contribution in [0, 0.1) is 0 Å². The lowest BCUT2D eigenvalue weighted by molar-refractivity contribution is 0.0600. The second kappa shape index (κ2) is 4.35. The SMILES string of the molecule is Cn1cc(-c2ccc3c(c2)OC2(CCNCC2)C3)cn1. The first-order chi connectivity index (χ1) is 9.74. The summed E-state index contributed by atoms with van der Waals surface area (Å²) >= 11 is 0. The summed E-state index contributed by atoms with van der Waals surface area (Å²) in [7, 11) is 1.94. The summed E-state index contributed by atoms with van der Waals surface area (Å²) in [4.78, 5) is 0. The Labute approximate surface area is 118 Å². The first-order valence-electron chi connectivity index (χ1n) is 7.26. The number of nitrogens with one attached hydrogen (secondary N) is 1. The van der Waals surface area contributed by atoms with Crippen LogP contribution in [-0.4, -0.2) is 28.5 Å². The van der Waals surface area contributed by atoms with Crippen LogP contribution >= 0.6 is 0 Å². The second-order valence-electron chi connectivity index (χ2n) is 5.94. The van der Waals surface area contributed by atoms with Crippen LogP contribution in [0.4, 0.5) is 0 Å². The number of aromatic nitrogens is 2. The van der Waals surface area contributed by atoms with Gasteiger partial charge in [-0.2, -0.15) is 5.10 Å². The van der Waals surface area contributed by atoms with E-state index in [-0.39, 0.29) is 5.60 Å². The van der Waals surface area contributed by atoms with E-state index in [0.717, 1.165) is 43.7 Å². The van der Waals surface area contributed by atoms with Crippen LogP contribution in [0.15, 0.2) is 30.6 Å². The normalized spacial score (nSPS) is 19.9. The summed E-state index contributed by atoms with van der Waals surface area (Å²) in [6.07, 6.45) is 7.19. The van der Waals surface area contributed by atoms with Crippen molar-refractivity contribution in [3.63, 3.8) is 0 Å². The molecule has 2 aliphatic heterocycles. The number of rotatable bonds is 1. The molecule has 4 heteroatoms. The molecule has 0 unspecified atom stereocenters. The average molecular weight is 269 g/mol. The van der Waals surface area contributed by atoms with Crippen LogP contribution < -0.4 is 10.1 Å². The number of fused-ring (bicyclic) bond motifs is 1. The Morgan fingerprint density at radius 3 is 2.85 bits per heavy atom. The van der Waals surface area contributed by atoms with Crippen LogP contribution in [0.2, 0.25) is 0 Å². The molecule has 2 aromatic rings. The van der Waals surface area contributed by atoms with Crippen LogP contribution in [-0.2, 0) is 13.5 Å². The van der Waals surface area contributed by atoms with Crippen molar-refractivity contribution in [1.82, 2.24) is 15.1 Å². The van der Waals surface area contributed by atoms with Gasteiger partial charge in [0.25, 0.3) is 0 Å². The average Bonchev–Trinajstić information content (AvgIpc) is 3.02. The third-order valence-electron chi connectivity index (χ3n) is 4.46. The van der Waals surface area contributed by atoms with E-state index in [1.807, 2.05) is 24.1 Å². The van der Waals surface area contributed by atoms with Crippen LogP contribution in [0.3, 0.4) is 0 Å². The third kappa shape index (κ3) is 1.91. The van der Waals surface area contributed by atoms with Gasteiger partial charge < -0.3 is 10.1 Å². The summed E-state index contributed by atoms with van der Waals surface area (Å²) in [6.45, 7) is 2.12. The summed E-state index contributed by atoms with van der Waals surface area (Å²) in [5.74, 6) is 1.06. The van der Waals surface area contributed by atoms with Gasteiger partial charge in [-0.05, 0) is 43.1 Å². The van der Waals surface area contributed by atoms with Crippen molar-refractivity contribution in [2.75, 3.05) is 13.1 Å². The van der Waals surface area contributed by atoms with E-state index in [1.165, 1.54) is 11.1 Å². The topological polar surface area (TPSA) is 39.1 Å². The number of hydrogen-bond acceptors (Lipinski definition) is 3. The third-order valence-corrected chi connectivity index (χ3v) is 4.46. The first kappa shape index (κ1) is 12.0. The van der Waals surface area contributed by atoms with E-state index in [1.54, 1.807) is 0 Å². The molecule has 4 rings (SSSR count). The lowest BCUT2D eigenvalue weighted by atomic mass is 9.88. The Bertz CT molecular complexity index is 641. The van der Waals surface area contributed by atoms with Gasteiger partial charge in [-0.1, -0.05) is 12.1 Å². The minimum absolute atomic E-state index is 0.0428. The molecule has 0 saturated carbocycles. The molecule has 4 nitrogen and oxygen atoms in total. The summed E-state index contributed by atoms with van der Waals surface area (Å²) in [5, 5.41) is 7.65. The quantitative estimate of drug-likeness (QED) is 0.862. The predicted molar refractivity (Wildman–Crippen MR) is 77.8 cm³/mol. The molecule has 1 aromatic heterocycles. The largest absolute Gasteiger partial charge is 0.487 e. The van der Waals surface area contributed by atoms with E-state index < -0.39 is 0 Å². The smallest absolute Gasteiger partial charge is 0.124 e.